The van der Waals surface area contributed by atoms with Crippen LogP contribution in [0.1, 0.15) is 31.4 Å². The molecule has 0 bridgehead atoms. The van der Waals surface area contributed by atoms with Gasteiger partial charge in [-0.2, -0.15) is 5.10 Å². The molecule has 0 aliphatic heterocycles. The van der Waals surface area contributed by atoms with E-state index >= 15 is 0 Å². The predicted octanol–water partition coefficient (Wildman–Crippen LogP) is 1.39. The fraction of sp³-hybridized carbons (Fsp3) is 0.615. The highest BCUT2D eigenvalue weighted by Gasteiger charge is 2.21. The normalized spacial score (nSPS) is 23.7. The Hall–Kier alpha value is -1.69. The summed E-state index contributed by atoms with van der Waals surface area (Å²) in [5.41, 5.74) is 1.79. The molecular weight excluding hydrogens is 242 g/mol. The zero-order chi connectivity index (χ0) is 13.4. The van der Waals surface area contributed by atoms with Crippen LogP contribution in [0.25, 0.3) is 11.0 Å². The number of nitrogens with zero attached hydrogens (tertiary/aromatic N) is 4. The number of aryl methyl sites for hydroxylation is 2. The first-order valence-electron chi connectivity index (χ1n) is 6.74. The molecule has 0 radical (unpaired) electrons. The van der Waals surface area contributed by atoms with E-state index in [-0.39, 0.29) is 6.10 Å². The van der Waals surface area contributed by atoms with Crippen LogP contribution in [-0.4, -0.2) is 37.0 Å². The van der Waals surface area contributed by atoms with Crippen molar-refractivity contribution in [2.45, 2.75) is 44.8 Å². The standard InChI is InChI=1S/C13H19N5O/c1-8-11-12(14-7-15-13(11)18(2)17-8)16-9-3-5-10(19)6-4-9/h7,9-10,19H,3-6H2,1-2H3,(H,14,15,16). The highest BCUT2D eigenvalue weighted by Crippen LogP contribution is 2.26. The summed E-state index contributed by atoms with van der Waals surface area (Å²) in [5, 5.41) is 18.4. The van der Waals surface area contributed by atoms with E-state index in [0.717, 1.165) is 48.2 Å². The van der Waals surface area contributed by atoms with Crippen LogP contribution in [0.15, 0.2) is 6.33 Å². The second kappa shape index (κ2) is 4.77. The second-order valence-corrected chi connectivity index (χ2v) is 5.28. The molecule has 1 saturated carbocycles. The van der Waals surface area contributed by atoms with E-state index in [1.807, 2.05) is 14.0 Å². The first kappa shape index (κ1) is 12.3. The van der Waals surface area contributed by atoms with Crippen LogP contribution in [-0.2, 0) is 7.05 Å². The monoisotopic (exact) mass is 261 g/mol. The van der Waals surface area contributed by atoms with Crippen LogP contribution in [0, 0.1) is 6.92 Å². The predicted molar refractivity (Wildman–Crippen MR) is 72.9 cm³/mol. The third kappa shape index (κ3) is 2.28. The minimum atomic E-state index is -0.136. The third-order valence-electron chi connectivity index (χ3n) is 3.83. The molecule has 1 aliphatic carbocycles. The van der Waals surface area contributed by atoms with Gasteiger partial charge in [0.05, 0.1) is 17.2 Å². The highest BCUT2D eigenvalue weighted by atomic mass is 16.3. The van der Waals surface area contributed by atoms with Crippen molar-refractivity contribution in [1.82, 2.24) is 19.7 Å². The average molecular weight is 261 g/mol. The largest absolute Gasteiger partial charge is 0.393 e. The molecule has 3 rings (SSSR count). The number of fused-ring (bicyclic) bond motifs is 1. The summed E-state index contributed by atoms with van der Waals surface area (Å²) in [6, 6.07) is 0.376. The van der Waals surface area contributed by atoms with Gasteiger partial charge in [-0.1, -0.05) is 0 Å². The maximum Gasteiger partial charge on any atom is 0.163 e. The van der Waals surface area contributed by atoms with Crippen molar-refractivity contribution < 1.29 is 5.11 Å². The zero-order valence-electron chi connectivity index (χ0n) is 11.3. The Morgan fingerprint density at radius 1 is 1.26 bits per heavy atom. The molecule has 0 saturated heterocycles. The van der Waals surface area contributed by atoms with Gasteiger partial charge >= 0.3 is 0 Å². The van der Waals surface area contributed by atoms with Crippen molar-refractivity contribution in [1.29, 1.82) is 0 Å². The number of aliphatic hydroxyl groups is 1. The Bertz CT molecular complexity index is 586. The lowest BCUT2D eigenvalue weighted by atomic mass is 9.93. The SMILES string of the molecule is Cc1nn(C)c2ncnc(NC3CCC(O)CC3)c12. The van der Waals surface area contributed by atoms with Gasteiger partial charge in [0, 0.05) is 13.1 Å². The summed E-state index contributed by atoms with van der Waals surface area (Å²) in [7, 11) is 1.89. The van der Waals surface area contributed by atoms with Crippen molar-refractivity contribution in [2.75, 3.05) is 5.32 Å². The van der Waals surface area contributed by atoms with Crippen molar-refractivity contribution in [3.63, 3.8) is 0 Å². The molecule has 1 fully saturated rings. The fourth-order valence-electron chi connectivity index (χ4n) is 2.80. The summed E-state index contributed by atoms with van der Waals surface area (Å²) in [6.07, 6.45) is 5.11. The van der Waals surface area contributed by atoms with Crippen LogP contribution >= 0.6 is 0 Å². The smallest absolute Gasteiger partial charge is 0.163 e. The van der Waals surface area contributed by atoms with Crippen LogP contribution in [0.3, 0.4) is 0 Å². The van der Waals surface area contributed by atoms with Gasteiger partial charge in [0.2, 0.25) is 0 Å². The number of aromatic nitrogens is 4. The van der Waals surface area contributed by atoms with E-state index < -0.39 is 0 Å². The van der Waals surface area contributed by atoms with Crippen molar-refractivity contribution in [3.05, 3.63) is 12.0 Å². The Balaban J connectivity index is 1.89. The molecule has 1 aliphatic rings. The van der Waals surface area contributed by atoms with Crippen LogP contribution < -0.4 is 5.32 Å². The lowest BCUT2D eigenvalue weighted by Gasteiger charge is -2.26. The molecule has 2 aromatic heterocycles. The van der Waals surface area contributed by atoms with E-state index in [0.29, 0.717) is 6.04 Å². The molecule has 102 valence electrons. The van der Waals surface area contributed by atoms with Gasteiger partial charge in [-0.05, 0) is 32.6 Å². The van der Waals surface area contributed by atoms with Gasteiger partial charge in [-0.3, -0.25) is 4.68 Å². The topological polar surface area (TPSA) is 75.9 Å². The molecule has 2 N–H and O–H groups in total. The van der Waals surface area contributed by atoms with Crippen molar-refractivity contribution in [3.8, 4) is 0 Å². The quantitative estimate of drug-likeness (QED) is 0.854. The minimum absolute atomic E-state index is 0.136. The van der Waals surface area contributed by atoms with Crippen molar-refractivity contribution in [2.24, 2.45) is 7.05 Å². The van der Waals surface area contributed by atoms with E-state index in [2.05, 4.69) is 20.4 Å². The Kier molecular flexibility index (Phi) is 3.10. The molecule has 6 heteroatoms. The molecule has 0 atom stereocenters. The molecule has 2 aromatic rings. The van der Waals surface area contributed by atoms with E-state index in [1.165, 1.54) is 0 Å². The number of anilines is 1. The van der Waals surface area contributed by atoms with Crippen LogP contribution in [0.4, 0.5) is 5.82 Å². The fourth-order valence-corrected chi connectivity index (χ4v) is 2.80. The Labute approximate surface area is 111 Å². The second-order valence-electron chi connectivity index (χ2n) is 5.28. The molecule has 6 nitrogen and oxygen atoms in total. The van der Waals surface area contributed by atoms with E-state index in [9.17, 15) is 5.11 Å². The van der Waals surface area contributed by atoms with Gasteiger partial charge in [-0.25, -0.2) is 9.97 Å². The van der Waals surface area contributed by atoms with Crippen LogP contribution in [0.5, 0.6) is 0 Å². The summed E-state index contributed by atoms with van der Waals surface area (Å²) >= 11 is 0. The number of hydrogen-bond donors (Lipinski definition) is 2. The van der Waals surface area contributed by atoms with Gasteiger partial charge in [0.1, 0.15) is 12.1 Å². The molecule has 2 heterocycles. The van der Waals surface area contributed by atoms with Gasteiger partial charge in [0.15, 0.2) is 5.65 Å². The summed E-state index contributed by atoms with van der Waals surface area (Å²) in [5.74, 6) is 0.858. The Morgan fingerprint density at radius 3 is 2.74 bits per heavy atom. The molecule has 0 aromatic carbocycles. The number of hydrogen-bond acceptors (Lipinski definition) is 5. The number of nitrogens with one attached hydrogen (secondary N) is 1. The van der Waals surface area contributed by atoms with Gasteiger partial charge in [-0.15, -0.1) is 0 Å². The summed E-state index contributed by atoms with van der Waals surface area (Å²) in [4.78, 5) is 8.63. The maximum atomic E-state index is 9.55. The van der Waals surface area contributed by atoms with Crippen LogP contribution in [0.2, 0.25) is 0 Å². The first-order valence-corrected chi connectivity index (χ1v) is 6.74. The lowest BCUT2D eigenvalue weighted by Crippen LogP contribution is -2.28. The minimum Gasteiger partial charge on any atom is -0.393 e. The van der Waals surface area contributed by atoms with Gasteiger partial charge < -0.3 is 10.4 Å². The molecule has 19 heavy (non-hydrogen) atoms. The first-order chi connectivity index (χ1) is 9.15. The van der Waals surface area contributed by atoms with Crippen molar-refractivity contribution >= 4 is 16.9 Å². The molecule has 0 spiro atoms. The Morgan fingerprint density at radius 2 is 2.00 bits per heavy atom. The lowest BCUT2D eigenvalue weighted by molar-refractivity contribution is 0.126. The number of aliphatic hydroxyl groups excluding tert-OH is 1. The third-order valence-corrected chi connectivity index (χ3v) is 3.83. The molecular formula is C13H19N5O. The maximum absolute atomic E-state index is 9.55. The summed E-state index contributed by atoms with van der Waals surface area (Å²) in [6.45, 7) is 1.97. The molecule has 0 amide bonds. The van der Waals surface area contributed by atoms with E-state index in [4.69, 9.17) is 0 Å². The van der Waals surface area contributed by atoms with E-state index in [1.54, 1.807) is 11.0 Å². The zero-order valence-corrected chi connectivity index (χ0v) is 11.3. The molecule has 0 unspecified atom stereocenters. The number of rotatable bonds is 2. The average Bonchev–Trinajstić information content (AvgIpc) is 2.69. The highest BCUT2D eigenvalue weighted by molar-refractivity contribution is 5.89. The summed E-state index contributed by atoms with van der Waals surface area (Å²) < 4.78 is 1.78. The van der Waals surface area contributed by atoms with Gasteiger partial charge in [0.25, 0.3) is 0 Å².